The van der Waals surface area contributed by atoms with Crippen LogP contribution in [0.5, 0.6) is 5.75 Å². The number of benzene rings is 1. The van der Waals surface area contributed by atoms with Crippen LogP contribution < -0.4 is 10.1 Å². The average Bonchev–Trinajstić information content (AvgIpc) is 2.54. The van der Waals surface area contributed by atoms with Crippen LogP contribution in [-0.4, -0.2) is 43.6 Å². The Morgan fingerprint density at radius 3 is 2.21 bits per heavy atom. The fourth-order valence-corrected chi connectivity index (χ4v) is 2.90. The molecule has 1 aliphatic heterocycles. The Balaban J connectivity index is 2.12. The molecule has 1 atom stereocenters. The van der Waals surface area contributed by atoms with Crippen molar-refractivity contribution >= 4 is 0 Å². The quantitative estimate of drug-likeness (QED) is 0.756. The van der Waals surface area contributed by atoms with Crippen molar-refractivity contribution in [3.05, 3.63) is 29.8 Å². The number of ether oxygens (including phenoxy) is 1. The van der Waals surface area contributed by atoms with Gasteiger partial charge in [-0.05, 0) is 30.0 Å². The molecule has 0 bridgehead atoms. The molecule has 0 aromatic heterocycles. The molecule has 1 heterocycles. The van der Waals surface area contributed by atoms with Gasteiger partial charge in [-0.3, -0.25) is 4.90 Å². The molecule has 1 aromatic carbocycles. The molecule has 136 valence electrons. The molecule has 0 unspecified atom stereocenters. The van der Waals surface area contributed by atoms with Crippen LogP contribution in [0.1, 0.15) is 31.9 Å². The van der Waals surface area contributed by atoms with Gasteiger partial charge in [-0.15, -0.1) is 0 Å². The number of piperazine rings is 1. The number of hydrogen-bond acceptors (Lipinski definition) is 3. The molecule has 7 heteroatoms. The second kappa shape index (κ2) is 8.16. The molecule has 0 spiro atoms. The molecule has 24 heavy (non-hydrogen) atoms. The Morgan fingerprint density at radius 1 is 1.12 bits per heavy atom. The summed E-state index contributed by atoms with van der Waals surface area (Å²) in [6.07, 6.45) is -7.39. The summed E-state index contributed by atoms with van der Waals surface area (Å²) >= 11 is 0. The van der Waals surface area contributed by atoms with Crippen molar-refractivity contribution in [2.45, 2.75) is 38.8 Å². The van der Waals surface area contributed by atoms with E-state index in [9.17, 15) is 17.6 Å². The molecule has 1 aromatic rings. The Morgan fingerprint density at radius 2 is 1.71 bits per heavy atom. The Labute approximate surface area is 140 Å². The third kappa shape index (κ3) is 5.08. The van der Waals surface area contributed by atoms with E-state index in [1.807, 2.05) is 0 Å². The van der Waals surface area contributed by atoms with E-state index in [0.29, 0.717) is 5.92 Å². The fourth-order valence-electron chi connectivity index (χ4n) is 2.90. The maximum atomic E-state index is 13.0. The summed E-state index contributed by atoms with van der Waals surface area (Å²) in [6.45, 7) is 7.93. The van der Waals surface area contributed by atoms with Gasteiger partial charge in [0.05, 0.1) is 0 Å². The van der Waals surface area contributed by atoms with E-state index < -0.39 is 12.5 Å². The van der Waals surface area contributed by atoms with Gasteiger partial charge in [0.15, 0.2) is 0 Å². The normalized spacial score (nSPS) is 18.2. The predicted molar refractivity (Wildman–Crippen MR) is 84.7 cm³/mol. The van der Waals surface area contributed by atoms with Gasteiger partial charge in [0.25, 0.3) is 0 Å². The summed E-state index contributed by atoms with van der Waals surface area (Å²) in [4.78, 5) is 2.36. The summed E-state index contributed by atoms with van der Waals surface area (Å²) < 4.78 is 54.5. The molecule has 3 nitrogen and oxygen atoms in total. The Bertz CT molecular complexity index is 502. The lowest BCUT2D eigenvalue weighted by Gasteiger charge is -2.36. The first kappa shape index (κ1) is 19.0. The largest absolute Gasteiger partial charge is 0.461 e. The fraction of sp³-hybridized carbons (Fsp3) is 0.647. The van der Waals surface area contributed by atoms with Gasteiger partial charge in [0.2, 0.25) is 0 Å². The lowest BCUT2D eigenvalue weighted by Crippen LogP contribution is -2.45. The smallest absolute Gasteiger partial charge is 0.428 e. The maximum Gasteiger partial charge on any atom is 0.461 e. The van der Waals surface area contributed by atoms with Crippen LogP contribution in [-0.2, 0) is 0 Å². The number of rotatable bonds is 7. The number of nitrogens with one attached hydrogen (secondary N) is 1. The van der Waals surface area contributed by atoms with Crippen LogP contribution in [0, 0.1) is 5.92 Å². The molecule has 0 saturated carbocycles. The molecular weight excluding hydrogens is 324 g/mol. The number of alkyl halides is 4. The number of halogens is 4. The zero-order chi connectivity index (χ0) is 17.7. The van der Waals surface area contributed by atoms with Gasteiger partial charge < -0.3 is 10.1 Å². The van der Waals surface area contributed by atoms with Crippen molar-refractivity contribution in [1.82, 2.24) is 10.2 Å². The van der Waals surface area contributed by atoms with Crippen molar-refractivity contribution in [3.8, 4) is 5.75 Å². The van der Waals surface area contributed by atoms with Crippen LogP contribution in [0.25, 0.3) is 0 Å². The zero-order valence-electron chi connectivity index (χ0n) is 13.9. The first-order valence-electron chi connectivity index (χ1n) is 8.19. The highest BCUT2D eigenvalue weighted by molar-refractivity contribution is 5.29. The second-order valence-electron chi connectivity index (χ2n) is 6.46. The molecule has 0 amide bonds. The van der Waals surface area contributed by atoms with Crippen LogP contribution in [0.3, 0.4) is 0 Å². The third-order valence-corrected chi connectivity index (χ3v) is 4.06. The maximum absolute atomic E-state index is 13.0. The van der Waals surface area contributed by atoms with E-state index in [2.05, 4.69) is 28.8 Å². The van der Waals surface area contributed by atoms with Crippen LogP contribution in [0.2, 0.25) is 0 Å². The molecule has 1 N–H and O–H groups in total. The average molecular weight is 348 g/mol. The first-order chi connectivity index (χ1) is 11.3. The SMILES string of the molecule is CC(C)C[C@@H](c1ccc(OC(F)(F)C(F)F)cc1)N1CCNCC1. The van der Waals surface area contributed by atoms with Crippen molar-refractivity contribution < 1.29 is 22.3 Å². The van der Waals surface area contributed by atoms with E-state index in [0.717, 1.165) is 38.2 Å². The Kier molecular flexibility index (Phi) is 6.46. The van der Waals surface area contributed by atoms with E-state index in [4.69, 9.17) is 0 Å². The molecule has 1 saturated heterocycles. The van der Waals surface area contributed by atoms with Crippen molar-refractivity contribution in [3.63, 3.8) is 0 Å². The molecule has 1 aliphatic rings. The molecule has 2 rings (SSSR count). The van der Waals surface area contributed by atoms with Gasteiger partial charge in [0.1, 0.15) is 5.75 Å². The molecule has 0 aliphatic carbocycles. The van der Waals surface area contributed by atoms with Crippen LogP contribution >= 0.6 is 0 Å². The van der Waals surface area contributed by atoms with Crippen LogP contribution in [0.15, 0.2) is 24.3 Å². The van der Waals surface area contributed by atoms with Gasteiger partial charge >= 0.3 is 12.5 Å². The standard InChI is InChI=1S/C17H24F4N2O/c1-12(2)11-15(23-9-7-22-8-10-23)13-3-5-14(6-4-13)24-17(20,21)16(18)19/h3-6,12,15-16,22H,7-11H2,1-2H3/t15-/m0/s1. The lowest BCUT2D eigenvalue weighted by molar-refractivity contribution is -0.253. The number of nitrogens with zero attached hydrogens (tertiary/aromatic N) is 1. The summed E-state index contributed by atoms with van der Waals surface area (Å²) in [7, 11) is 0. The highest BCUT2D eigenvalue weighted by Gasteiger charge is 2.44. The first-order valence-corrected chi connectivity index (χ1v) is 8.19. The van der Waals surface area contributed by atoms with E-state index in [1.54, 1.807) is 12.1 Å². The minimum Gasteiger partial charge on any atom is -0.428 e. The second-order valence-corrected chi connectivity index (χ2v) is 6.46. The van der Waals surface area contributed by atoms with E-state index in [1.165, 1.54) is 12.1 Å². The third-order valence-electron chi connectivity index (χ3n) is 4.06. The van der Waals surface area contributed by atoms with Crippen LogP contribution in [0.4, 0.5) is 17.6 Å². The molecular formula is C17H24F4N2O. The topological polar surface area (TPSA) is 24.5 Å². The predicted octanol–water partition coefficient (Wildman–Crippen LogP) is 3.92. The van der Waals surface area contributed by atoms with Gasteiger partial charge in [-0.25, -0.2) is 0 Å². The summed E-state index contributed by atoms with van der Waals surface area (Å²) in [5.41, 5.74) is 0.985. The summed E-state index contributed by atoms with van der Waals surface area (Å²) in [5, 5.41) is 3.30. The molecule has 1 fully saturated rings. The monoisotopic (exact) mass is 348 g/mol. The molecule has 0 radical (unpaired) electrons. The highest BCUT2D eigenvalue weighted by Crippen LogP contribution is 2.31. The van der Waals surface area contributed by atoms with Gasteiger partial charge in [0, 0.05) is 32.2 Å². The van der Waals surface area contributed by atoms with Crippen molar-refractivity contribution in [1.29, 1.82) is 0 Å². The summed E-state index contributed by atoms with van der Waals surface area (Å²) in [6, 6.07) is 6.22. The van der Waals surface area contributed by atoms with Crippen molar-refractivity contribution in [2.24, 2.45) is 5.92 Å². The summed E-state index contributed by atoms with van der Waals surface area (Å²) in [5.74, 6) is 0.219. The van der Waals surface area contributed by atoms with Gasteiger partial charge in [-0.2, -0.15) is 17.6 Å². The zero-order valence-corrected chi connectivity index (χ0v) is 13.9. The van der Waals surface area contributed by atoms with E-state index in [-0.39, 0.29) is 11.8 Å². The minimum atomic E-state index is -4.47. The minimum absolute atomic E-state index is 0.178. The Hall–Kier alpha value is -1.34. The van der Waals surface area contributed by atoms with Gasteiger partial charge in [-0.1, -0.05) is 26.0 Å². The number of hydrogen-bond donors (Lipinski definition) is 1. The highest BCUT2D eigenvalue weighted by atomic mass is 19.3. The lowest BCUT2D eigenvalue weighted by atomic mass is 9.95. The van der Waals surface area contributed by atoms with Crippen molar-refractivity contribution in [2.75, 3.05) is 26.2 Å². The van der Waals surface area contributed by atoms with E-state index >= 15 is 0 Å².